The Hall–Kier alpha value is -0.180. The maximum absolute atomic E-state index is 11.9. The van der Waals surface area contributed by atoms with E-state index in [0.29, 0.717) is 17.3 Å². The van der Waals surface area contributed by atoms with Crippen molar-refractivity contribution in [2.75, 3.05) is 5.75 Å². The van der Waals surface area contributed by atoms with Crippen LogP contribution in [0, 0.1) is 5.92 Å². The second-order valence-corrected chi connectivity index (χ2v) is 5.43. The molecule has 0 aromatic heterocycles. The Morgan fingerprint density at radius 3 is 2.92 bits per heavy atom. The third kappa shape index (κ3) is 1.58. The number of carbonyl (C=O) groups is 1. The van der Waals surface area contributed by atoms with E-state index in [0.717, 1.165) is 12.2 Å². The molecule has 0 spiro atoms. The van der Waals surface area contributed by atoms with Gasteiger partial charge in [0, 0.05) is 17.7 Å². The molecule has 3 unspecified atom stereocenters. The molecule has 3 atom stereocenters. The largest absolute Gasteiger partial charge is 0.327 e. The van der Waals surface area contributed by atoms with Crippen LogP contribution in [0.5, 0.6) is 0 Å². The summed E-state index contributed by atoms with van der Waals surface area (Å²) in [5.41, 5.74) is 0. The van der Waals surface area contributed by atoms with Crippen molar-refractivity contribution in [1.29, 1.82) is 0 Å². The van der Waals surface area contributed by atoms with Gasteiger partial charge in [0.1, 0.15) is 0 Å². The Bertz CT molecular complexity index is 219. The molecule has 13 heavy (non-hydrogen) atoms. The van der Waals surface area contributed by atoms with E-state index in [-0.39, 0.29) is 5.92 Å². The predicted molar refractivity (Wildman–Crippen MR) is 55.6 cm³/mol. The van der Waals surface area contributed by atoms with Gasteiger partial charge in [-0.1, -0.05) is 6.92 Å². The minimum atomic E-state index is 0.256. The Balaban J connectivity index is 2.18. The van der Waals surface area contributed by atoms with Crippen LogP contribution in [-0.2, 0) is 4.79 Å². The normalized spacial score (nSPS) is 40.3. The first kappa shape index (κ1) is 9.38. The summed E-state index contributed by atoms with van der Waals surface area (Å²) < 4.78 is 0. The lowest BCUT2D eigenvalue weighted by atomic mass is 10.1. The second-order valence-electron chi connectivity index (χ2n) is 4.21. The number of nitrogens with zero attached hydrogens (tertiary/aromatic N) is 1. The quantitative estimate of drug-likeness (QED) is 0.595. The number of thioether (sulfide) groups is 1. The van der Waals surface area contributed by atoms with Crippen molar-refractivity contribution in [3.05, 3.63) is 0 Å². The topological polar surface area (TPSA) is 20.3 Å². The summed E-state index contributed by atoms with van der Waals surface area (Å²) >= 11 is 1.96. The summed E-state index contributed by atoms with van der Waals surface area (Å²) in [7, 11) is 0. The fraction of sp³-hybridized carbons (Fsp3) is 0.900. The van der Waals surface area contributed by atoms with Crippen LogP contribution in [0.2, 0.25) is 0 Å². The SMILES string of the molecule is CC1CCCC2SCC(C)N2C1=O. The van der Waals surface area contributed by atoms with Gasteiger partial charge in [-0.2, -0.15) is 0 Å². The van der Waals surface area contributed by atoms with Gasteiger partial charge in [-0.05, 0) is 26.2 Å². The van der Waals surface area contributed by atoms with Crippen LogP contribution >= 0.6 is 11.8 Å². The van der Waals surface area contributed by atoms with Crippen molar-refractivity contribution in [2.24, 2.45) is 5.92 Å². The molecule has 0 saturated carbocycles. The molecule has 74 valence electrons. The molecule has 0 radical (unpaired) electrons. The average Bonchev–Trinajstić information content (AvgIpc) is 2.39. The van der Waals surface area contributed by atoms with Crippen molar-refractivity contribution in [3.63, 3.8) is 0 Å². The van der Waals surface area contributed by atoms with Crippen molar-refractivity contribution in [3.8, 4) is 0 Å². The van der Waals surface area contributed by atoms with Crippen LogP contribution in [0.4, 0.5) is 0 Å². The molecule has 2 rings (SSSR count). The molecule has 3 heteroatoms. The molecule has 2 heterocycles. The lowest BCUT2D eigenvalue weighted by Gasteiger charge is -2.26. The number of rotatable bonds is 0. The monoisotopic (exact) mass is 199 g/mol. The van der Waals surface area contributed by atoms with E-state index in [1.807, 2.05) is 11.8 Å². The van der Waals surface area contributed by atoms with Gasteiger partial charge in [0.05, 0.1) is 5.37 Å². The smallest absolute Gasteiger partial charge is 0.226 e. The first-order chi connectivity index (χ1) is 6.20. The van der Waals surface area contributed by atoms with E-state index in [4.69, 9.17) is 0 Å². The van der Waals surface area contributed by atoms with Gasteiger partial charge in [0.2, 0.25) is 5.91 Å². The summed E-state index contributed by atoms with van der Waals surface area (Å²) in [5, 5.41) is 0.493. The molecule has 2 fully saturated rings. The molecule has 0 aliphatic carbocycles. The Kier molecular flexibility index (Phi) is 2.54. The molecule has 0 bridgehead atoms. The summed E-state index contributed by atoms with van der Waals surface area (Å²) in [6.07, 6.45) is 3.50. The van der Waals surface area contributed by atoms with Crippen LogP contribution in [-0.4, -0.2) is 28.0 Å². The highest BCUT2D eigenvalue weighted by atomic mass is 32.2. The summed E-state index contributed by atoms with van der Waals surface area (Å²) in [5.74, 6) is 1.77. The number of hydrogen-bond donors (Lipinski definition) is 0. The van der Waals surface area contributed by atoms with Crippen LogP contribution in [0.3, 0.4) is 0 Å². The van der Waals surface area contributed by atoms with Crippen molar-refractivity contribution in [2.45, 2.75) is 44.5 Å². The molecule has 2 nitrogen and oxygen atoms in total. The van der Waals surface area contributed by atoms with Crippen LogP contribution in [0.1, 0.15) is 33.1 Å². The first-order valence-corrected chi connectivity index (χ1v) is 6.19. The van der Waals surface area contributed by atoms with E-state index in [1.165, 1.54) is 12.8 Å². The van der Waals surface area contributed by atoms with Crippen LogP contribution < -0.4 is 0 Å². The number of amides is 1. The standard InChI is InChI=1S/C10H17NOS/c1-7-4-3-5-9-11(10(7)12)8(2)6-13-9/h7-9H,3-6H2,1-2H3. The first-order valence-electron chi connectivity index (χ1n) is 5.14. The fourth-order valence-corrected chi connectivity index (χ4v) is 3.72. The van der Waals surface area contributed by atoms with Crippen molar-refractivity contribution >= 4 is 17.7 Å². The van der Waals surface area contributed by atoms with Gasteiger partial charge in [-0.3, -0.25) is 4.79 Å². The minimum Gasteiger partial charge on any atom is -0.327 e. The zero-order valence-electron chi connectivity index (χ0n) is 8.32. The summed E-state index contributed by atoms with van der Waals surface area (Å²) in [4.78, 5) is 14.1. The van der Waals surface area contributed by atoms with Gasteiger partial charge in [-0.15, -0.1) is 11.8 Å². The van der Waals surface area contributed by atoms with Gasteiger partial charge in [-0.25, -0.2) is 0 Å². The number of carbonyl (C=O) groups excluding carboxylic acids is 1. The molecule has 2 saturated heterocycles. The molecule has 0 aromatic rings. The van der Waals surface area contributed by atoms with E-state index in [2.05, 4.69) is 18.7 Å². The molecule has 0 N–H and O–H groups in total. The van der Waals surface area contributed by atoms with Crippen molar-refractivity contribution < 1.29 is 4.79 Å². The third-order valence-corrected chi connectivity index (χ3v) is 4.60. The van der Waals surface area contributed by atoms with E-state index in [9.17, 15) is 4.79 Å². The Morgan fingerprint density at radius 2 is 2.15 bits per heavy atom. The maximum Gasteiger partial charge on any atom is 0.226 e. The number of fused-ring (bicyclic) bond motifs is 1. The van der Waals surface area contributed by atoms with Crippen molar-refractivity contribution in [1.82, 2.24) is 4.90 Å². The van der Waals surface area contributed by atoms with Gasteiger partial charge in [0.15, 0.2) is 0 Å². The third-order valence-electron chi connectivity index (χ3n) is 3.08. The van der Waals surface area contributed by atoms with E-state index < -0.39 is 0 Å². The van der Waals surface area contributed by atoms with Gasteiger partial charge >= 0.3 is 0 Å². The number of hydrogen-bond acceptors (Lipinski definition) is 2. The minimum absolute atomic E-state index is 0.256. The molecular weight excluding hydrogens is 182 g/mol. The molecule has 2 aliphatic rings. The Morgan fingerprint density at radius 1 is 1.38 bits per heavy atom. The van der Waals surface area contributed by atoms with Gasteiger partial charge in [0.25, 0.3) is 0 Å². The molecular formula is C10H17NOS. The summed E-state index contributed by atoms with van der Waals surface area (Å²) in [6.45, 7) is 4.24. The van der Waals surface area contributed by atoms with Crippen LogP contribution in [0.15, 0.2) is 0 Å². The Labute approximate surface area is 84.1 Å². The molecule has 0 aromatic carbocycles. The van der Waals surface area contributed by atoms with Gasteiger partial charge < -0.3 is 4.90 Å². The van der Waals surface area contributed by atoms with E-state index >= 15 is 0 Å². The highest BCUT2D eigenvalue weighted by Crippen LogP contribution is 2.36. The molecule has 1 amide bonds. The zero-order chi connectivity index (χ0) is 9.42. The maximum atomic E-state index is 11.9. The zero-order valence-corrected chi connectivity index (χ0v) is 9.14. The second kappa shape index (κ2) is 3.52. The molecule has 2 aliphatic heterocycles. The highest BCUT2D eigenvalue weighted by molar-refractivity contribution is 8.00. The van der Waals surface area contributed by atoms with E-state index in [1.54, 1.807) is 0 Å². The average molecular weight is 199 g/mol. The lowest BCUT2D eigenvalue weighted by molar-refractivity contribution is -0.136. The van der Waals surface area contributed by atoms with Crippen LogP contribution in [0.25, 0.3) is 0 Å². The lowest BCUT2D eigenvalue weighted by Crippen LogP contribution is -2.41. The highest BCUT2D eigenvalue weighted by Gasteiger charge is 2.38. The summed E-state index contributed by atoms with van der Waals surface area (Å²) in [6, 6.07) is 0.461. The fourth-order valence-electron chi connectivity index (χ4n) is 2.25. The predicted octanol–water partition coefficient (Wildman–Crippen LogP) is 2.10.